The summed E-state index contributed by atoms with van der Waals surface area (Å²) in [7, 11) is 5.29. The average molecular weight is 405 g/mol. The van der Waals surface area contributed by atoms with Crippen molar-refractivity contribution >= 4 is 22.2 Å². The van der Waals surface area contributed by atoms with E-state index in [1.165, 1.54) is 0 Å². The lowest BCUT2D eigenvalue weighted by Gasteiger charge is -2.39. The van der Waals surface area contributed by atoms with Crippen molar-refractivity contribution in [2.75, 3.05) is 33.0 Å². The number of hydrogen-bond donors (Lipinski definition) is 0. The Bertz CT molecular complexity index is 1190. The number of benzene rings is 3. The number of anilines is 1. The van der Waals surface area contributed by atoms with Crippen LogP contribution in [-0.4, -0.2) is 33.8 Å². The van der Waals surface area contributed by atoms with Crippen molar-refractivity contribution in [3.63, 3.8) is 0 Å². The minimum Gasteiger partial charge on any atom is -0.493 e. The minimum atomic E-state index is -0.175. The third-order valence-corrected chi connectivity index (χ3v) is 5.99. The summed E-state index contributed by atoms with van der Waals surface area (Å²) in [5.41, 5.74) is 4.17. The van der Waals surface area contributed by atoms with Gasteiger partial charge in [-0.1, -0.05) is 12.1 Å². The highest BCUT2D eigenvalue weighted by Crippen LogP contribution is 2.54. The van der Waals surface area contributed by atoms with Gasteiger partial charge >= 0.3 is 0 Å². The Labute approximate surface area is 174 Å². The SMILES string of the molecule is COc1ccc2c(c1OC)[C@@H](CC(C)=O)N(C)c1c-2ccc2cc3c(cc12)OCO3. The zero-order chi connectivity index (χ0) is 21.0. The fourth-order valence-electron chi connectivity index (χ4n) is 4.67. The largest absolute Gasteiger partial charge is 0.493 e. The van der Waals surface area contributed by atoms with Crippen LogP contribution >= 0.6 is 0 Å². The number of ketones is 1. The van der Waals surface area contributed by atoms with E-state index in [1.807, 2.05) is 25.2 Å². The molecule has 0 radical (unpaired) electrons. The van der Waals surface area contributed by atoms with Crippen LogP contribution in [0.15, 0.2) is 36.4 Å². The molecule has 0 unspecified atom stereocenters. The van der Waals surface area contributed by atoms with E-state index in [9.17, 15) is 4.79 Å². The van der Waals surface area contributed by atoms with Gasteiger partial charge in [-0.3, -0.25) is 4.79 Å². The average Bonchev–Trinajstić information content (AvgIpc) is 3.20. The van der Waals surface area contributed by atoms with Crippen molar-refractivity contribution < 1.29 is 23.7 Å². The van der Waals surface area contributed by atoms with Gasteiger partial charge in [0.15, 0.2) is 23.0 Å². The molecule has 0 N–H and O–H groups in total. The van der Waals surface area contributed by atoms with Crippen LogP contribution in [0.3, 0.4) is 0 Å². The maximum atomic E-state index is 12.2. The van der Waals surface area contributed by atoms with Crippen LogP contribution in [0, 0.1) is 0 Å². The molecule has 0 aromatic heterocycles. The van der Waals surface area contributed by atoms with E-state index in [0.29, 0.717) is 17.9 Å². The monoisotopic (exact) mass is 405 g/mol. The van der Waals surface area contributed by atoms with Gasteiger partial charge in [-0.25, -0.2) is 0 Å². The van der Waals surface area contributed by atoms with Gasteiger partial charge in [0.05, 0.1) is 25.9 Å². The molecule has 0 saturated heterocycles. The molecule has 1 atom stereocenters. The number of rotatable bonds is 4. The first-order valence-electron chi connectivity index (χ1n) is 9.87. The lowest BCUT2D eigenvalue weighted by atomic mass is 9.84. The molecule has 6 heteroatoms. The zero-order valence-electron chi connectivity index (χ0n) is 17.4. The number of ether oxygens (including phenoxy) is 4. The summed E-state index contributed by atoms with van der Waals surface area (Å²) in [4.78, 5) is 14.4. The lowest BCUT2D eigenvalue weighted by molar-refractivity contribution is -0.117. The summed E-state index contributed by atoms with van der Waals surface area (Å²) in [6.07, 6.45) is 0.368. The number of carbonyl (C=O) groups is 1. The summed E-state index contributed by atoms with van der Waals surface area (Å²) in [5.74, 6) is 2.94. The number of Topliss-reactive ketones (excluding diaryl/α,β-unsaturated/α-hetero) is 1. The summed E-state index contributed by atoms with van der Waals surface area (Å²) < 4.78 is 22.5. The topological polar surface area (TPSA) is 57.2 Å². The molecule has 0 aliphatic carbocycles. The second kappa shape index (κ2) is 6.83. The molecule has 30 heavy (non-hydrogen) atoms. The molecule has 0 spiro atoms. The maximum Gasteiger partial charge on any atom is 0.231 e. The van der Waals surface area contributed by atoms with Crippen LogP contribution in [-0.2, 0) is 4.79 Å². The molecule has 6 nitrogen and oxygen atoms in total. The van der Waals surface area contributed by atoms with Crippen molar-refractivity contribution in [1.29, 1.82) is 0 Å². The fraction of sp³-hybridized carbons (Fsp3) is 0.292. The molecule has 0 fully saturated rings. The van der Waals surface area contributed by atoms with Gasteiger partial charge in [0.2, 0.25) is 6.79 Å². The molecular formula is C24H23NO5. The number of fused-ring (bicyclic) bond motifs is 6. The lowest BCUT2D eigenvalue weighted by Crippen LogP contribution is -2.30. The van der Waals surface area contributed by atoms with Gasteiger partial charge in [0.1, 0.15) is 5.78 Å². The number of hydrogen-bond acceptors (Lipinski definition) is 6. The quantitative estimate of drug-likeness (QED) is 0.626. The predicted molar refractivity (Wildman–Crippen MR) is 115 cm³/mol. The number of methoxy groups -OCH3 is 2. The standard InChI is InChI=1S/C24H23NO5/c1-13(26)9-18-22-15(7-8-19(27-3)24(22)28-4)16-6-5-14-10-20-21(30-12-29-20)11-17(14)23(16)25(18)2/h5-8,10-11,18H,9,12H2,1-4H3/t18-/m1/s1. The predicted octanol–water partition coefficient (Wildman–Crippen LogP) is 4.72. The Hall–Kier alpha value is -3.41. The second-order valence-electron chi connectivity index (χ2n) is 7.68. The Balaban J connectivity index is 1.83. The molecule has 0 saturated carbocycles. The van der Waals surface area contributed by atoms with Gasteiger partial charge in [0.25, 0.3) is 0 Å². The van der Waals surface area contributed by atoms with Crippen LogP contribution in [0.25, 0.3) is 21.9 Å². The highest BCUT2D eigenvalue weighted by molar-refractivity contribution is 6.06. The Morgan fingerprint density at radius 3 is 2.50 bits per heavy atom. The minimum absolute atomic E-state index is 0.115. The summed E-state index contributed by atoms with van der Waals surface area (Å²) in [6, 6.07) is 12.0. The van der Waals surface area contributed by atoms with Crippen molar-refractivity contribution in [2.24, 2.45) is 0 Å². The van der Waals surface area contributed by atoms with Crippen LogP contribution < -0.4 is 23.8 Å². The molecule has 0 bridgehead atoms. The summed E-state index contributed by atoms with van der Waals surface area (Å²) in [5, 5.41) is 2.13. The molecule has 2 aliphatic heterocycles. The van der Waals surface area contributed by atoms with Crippen molar-refractivity contribution in [1.82, 2.24) is 0 Å². The number of carbonyl (C=O) groups excluding carboxylic acids is 1. The first kappa shape index (κ1) is 18.6. The normalized spacial score (nSPS) is 16.3. The Morgan fingerprint density at radius 2 is 1.80 bits per heavy atom. The Morgan fingerprint density at radius 1 is 1.07 bits per heavy atom. The summed E-state index contributed by atoms with van der Waals surface area (Å²) >= 11 is 0. The van der Waals surface area contributed by atoms with E-state index in [0.717, 1.165) is 44.6 Å². The molecule has 154 valence electrons. The van der Waals surface area contributed by atoms with Gasteiger partial charge in [-0.05, 0) is 42.1 Å². The van der Waals surface area contributed by atoms with Gasteiger partial charge in [-0.15, -0.1) is 0 Å². The smallest absolute Gasteiger partial charge is 0.231 e. The first-order valence-corrected chi connectivity index (χ1v) is 9.87. The van der Waals surface area contributed by atoms with Gasteiger partial charge in [0, 0.05) is 30.0 Å². The highest BCUT2D eigenvalue weighted by atomic mass is 16.7. The van der Waals surface area contributed by atoms with Gasteiger partial charge in [-0.2, -0.15) is 0 Å². The zero-order valence-corrected chi connectivity index (χ0v) is 17.4. The Kier molecular flexibility index (Phi) is 4.24. The van der Waals surface area contributed by atoms with E-state index >= 15 is 0 Å². The van der Waals surface area contributed by atoms with Crippen LogP contribution in [0.2, 0.25) is 0 Å². The fourth-order valence-corrected chi connectivity index (χ4v) is 4.67. The highest BCUT2D eigenvalue weighted by Gasteiger charge is 2.35. The maximum absolute atomic E-state index is 12.2. The summed E-state index contributed by atoms with van der Waals surface area (Å²) in [6.45, 7) is 1.85. The molecule has 2 aliphatic rings. The molecule has 0 amide bonds. The van der Waals surface area contributed by atoms with Gasteiger partial charge < -0.3 is 23.8 Å². The van der Waals surface area contributed by atoms with Crippen LogP contribution in [0.5, 0.6) is 23.0 Å². The van der Waals surface area contributed by atoms with Crippen molar-refractivity contribution in [3.8, 4) is 34.1 Å². The van der Waals surface area contributed by atoms with Crippen LogP contribution in [0.1, 0.15) is 24.9 Å². The third-order valence-electron chi connectivity index (χ3n) is 5.99. The van der Waals surface area contributed by atoms with E-state index in [-0.39, 0.29) is 18.6 Å². The number of nitrogens with zero attached hydrogens (tertiary/aromatic N) is 1. The van der Waals surface area contributed by atoms with Crippen molar-refractivity contribution in [3.05, 3.63) is 42.0 Å². The first-order chi connectivity index (χ1) is 14.5. The molecular weight excluding hydrogens is 382 g/mol. The second-order valence-corrected chi connectivity index (χ2v) is 7.68. The molecule has 3 aromatic rings. The van der Waals surface area contributed by atoms with E-state index in [2.05, 4.69) is 23.1 Å². The van der Waals surface area contributed by atoms with E-state index in [1.54, 1.807) is 21.1 Å². The van der Waals surface area contributed by atoms with E-state index in [4.69, 9.17) is 18.9 Å². The molecule has 3 aromatic carbocycles. The third kappa shape index (κ3) is 2.60. The molecule has 5 rings (SSSR count). The van der Waals surface area contributed by atoms with E-state index < -0.39 is 0 Å². The van der Waals surface area contributed by atoms with Crippen molar-refractivity contribution in [2.45, 2.75) is 19.4 Å². The van der Waals surface area contributed by atoms with Crippen LogP contribution in [0.4, 0.5) is 5.69 Å². The molecule has 2 heterocycles.